The highest BCUT2D eigenvalue weighted by Crippen LogP contribution is 2.24. The van der Waals surface area contributed by atoms with Crippen molar-refractivity contribution in [1.29, 1.82) is 0 Å². The van der Waals surface area contributed by atoms with E-state index in [1.54, 1.807) is 0 Å². The first kappa shape index (κ1) is 17.0. The van der Waals surface area contributed by atoms with Gasteiger partial charge in [0.05, 0.1) is 11.8 Å². The molecule has 0 spiro atoms. The maximum atomic E-state index is 12.2. The monoisotopic (exact) mass is 299 g/mol. The second kappa shape index (κ2) is 7.08. The van der Waals surface area contributed by atoms with Gasteiger partial charge in [-0.2, -0.15) is 0 Å². The van der Waals surface area contributed by atoms with Crippen molar-refractivity contribution < 1.29 is 4.79 Å². The van der Waals surface area contributed by atoms with Crippen molar-refractivity contribution in [2.24, 2.45) is 7.05 Å². The van der Waals surface area contributed by atoms with E-state index in [-0.39, 0.29) is 16.7 Å². The molecule has 0 fully saturated rings. The molecule has 6 nitrogen and oxygen atoms in total. The Kier molecular flexibility index (Phi) is 6.01. The summed E-state index contributed by atoms with van der Waals surface area (Å²) in [5, 5.41) is 15.0. The Morgan fingerprint density at radius 3 is 2.55 bits per heavy atom. The molecule has 0 unspecified atom stereocenters. The summed E-state index contributed by atoms with van der Waals surface area (Å²) in [6, 6.07) is 0. The molecule has 0 aromatic carbocycles. The number of amides is 1. The van der Waals surface area contributed by atoms with Crippen molar-refractivity contribution in [3.63, 3.8) is 0 Å². The lowest BCUT2D eigenvalue weighted by Gasteiger charge is -2.23. The minimum Gasteiger partial charge on any atom is -0.351 e. The summed E-state index contributed by atoms with van der Waals surface area (Å²) in [4.78, 5) is 12.2. The van der Waals surface area contributed by atoms with Crippen LogP contribution in [-0.4, -0.2) is 38.5 Å². The molecule has 0 radical (unpaired) electrons. The fourth-order valence-electron chi connectivity index (χ4n) is 1.66. The Balaban J connectivity index is 2.76. The van der Waals surface area contributed by atoms with Crippen LogP contribution >= 0.6 is 11.8 Å². The smallest absolute Gasteiger partial charge is 0.233 e. The summed E-state index contributed by atoms with van der Waals surface area (Å²) in [6.07, 6.45) is 0.751. The third kappa shape index (κ3) is 4.79. The molecule has 0 saturated heterocycles. The maximum absolute atomic E-state index is 12.2. The molecular weight excluding hydrogens is 274 g/mol. The highest BCUT2D eigenvalue weighted by atomic mass is 32.2. The molecule has 2 N–H and O–H groups in total. The van der Waals surface area contributed by atoms with Crippen molar-refractivity contribution in [3.05, 3.63) is 5.82 Å². The second-order valence-electron chi connectivity index (χ2n) is 5.74. The summed E-state index contributed by atoms with van der Waals surface area (Å²) in [6.45, 7) is 8.61. The van der Waals surface area contributed by atoms with Crippen LogP contribution < -0.4 is 10.6 Å². The van der Waals surface area contributed by atoms with Gasteiger partial charge in [0.25, 0.3) is 0 Å². The molecule has 0 aliphatic carbocycles. The Morgan fingerprint density at radius 1 is 1.40 bits per heavy atom. The number of rotatable bonds is 6. The van der Waals surface area contributed by atoms with Crippen molar-refractivity contribution in [2.75, 3.05) is 7.05 Å². The van der Waals surface area contributed by atoms with Crippen LogP contribution in [0.3, 0.4) is 0 Å². The average molecular weight is 299 g/mol. The summed E-state index contributed by atoms with van der Waals surface area (Å²) in [5.74, 6) is 0.907. The zero-order valence-corrected chi connectivity index (χ0v) is 14.0. The summed E-state index contributed by atoms with van der Waals surface area (Å²) < 4.78 is 1.92. The normalized spacial score (nSPS) is 13.3. The standard InChI is InChI=1S/C13H25N5OS/c1-7-9(11(19)15-13(2,3)4)20-12-17-16-10(8-14-5)18(12)6/h9,14H,7-8H2,1-6H3,(H,15,19)/t9-/m0/s1. The van der Waals surface area contributed by atoms with E-state index >= 15 is 0 Å². The lowest BCUT2D eigenvalue weighted by Crippen LogP contribution is -2.44. The van der Waals surface area contributed by atoms with Gasteiger partial charge in [-0.3, -0.25) is 4.79 Å². The minimum absolute atomic E-state index is 0.0446. The van der Waals surface area contributed by atoms with Gasteiger partial charge >= 0.3 is 0 Å². The largest absolute Gasteiger partial charge is 0.351 e. The van der Waals surface area contributed by atoms with Crippen molar-refractivity contribution in [1.82, 2.24) is 25.4 Å². The van der Waals surface area contributed by atoms with E-state index in [4.69, 9.17) is 0 Å². The first-order valence-corrected chi connectivity index (χ1v) is 7.68. The SMILES string of the molecule is CC[C@H](Sc1nnc(CNC)n1C)C(=O)NC(C)(C)C. The maximum Gasteiger partial charge on any atom is 0.233 e. The van der Waals surface area contributed by atoms with E-state index in [1.165, 1.54) is 11.8 Å². The summed E-state index contributed by atoms with van der Waals surface area (Å²) in [5.41, 5.74) is -0.220. The molecule has 0 aliphatic heterocycles. The first-order chi connectivity index (χ1) is 9.28. The van der Waals surface area contributed by atoms with Gasteiger partial charge in [0.1, 0.15) is 5.82 Å². The molecular formula is C13H25N5OS. The van der Waals surface area contributed by atoms with Crippen LogP contribution in [0.4, 0.5) is 0 Å². The Hall–Kier alpha value is -1.08. The van der Waals surface area contributed by atoms with Crippen LogP contribution in [0, 0.1) is 0 Å². The molecule has 20 heavy (non-hydrogen) atoms. The van der Waals surface area contributed by atoms with Crippen LogP contribution in [0.15, 0.2) is 5.16 Å². The van der Waals surface area contributed by atoms with Crippen molar-refractivity contribution in [2.45, 2.75) is 56.6 Å². The number of thioether (sulfide) groups is 1. The lowest BCUT2D eigenvalue weighted by molar-refractivity contribution is -0.122. The van der Waals surface area contributed by atoms with Crippen LogP contribution in [0.2, 0.25) is 0 Å². The second-order valence-corrected chi connectivity index (χ2v) is 6.91. The first-order valence-electron chi connectivity index (χ1n) is 6.80. The van der Waals surface area contributed by atoms with Gasteiger partial charge in [-0.15, -0.1) is 10.2 Å². The highest BCUT2D eigenvalue weighted by Gasteiger charge is 2.24. The van der Waals surface area contributed by atoms with E-state index in [0.717, 1.165) is 17.4 Å². The third-order valence-corrected chi connectivity index (χ3v) is 4.07. The van der Waals surface area contributed by atoms with E-state index in [9.17, 15) is 4.79 Å². The number of carbonyl (C=O) groups excluding carboxylic acids is 1. The lowest BCUT2D eigenvalue weighted by atomic mass is 10.1. The van der Waals surface area contributed by atoms with E-state index in [0.29, 0.717) is 6.54 Å². The van der Waals surface area contributed by atoms with Gasteiger partial charge in [0.2, 0.25) is 5.91 Å². The fourth-order valence-corrected chi connectivity index (χ4v) is 2.60. The molecule has 1 rings (SSSR count). The summed E-state index contributed by atoms with van der Waals surface area (Å²) in [7, 11) is 3.79. The molecule has 1 amide bonds. The van der Waals surface area contributed by atoms with Gasteiger partial charge in [-0.25, -0.2) is 0 Å². The van der Waals surface area contributed by atoms with E-state index in [1.807, 2.05) is 46.4 Å². The zero-order valence-electron chi connectivity index (χ0n) is 13.1. The Bertz CT molecular complexity index is 452. The molecule has 114 valence electrons. The molecule has 7 heteroatoms. The number of hydrogen-bond donors (Lipinski definition) is 2. The molecule has 1 aromatic heterocycles. The van der Waals surface area contributed by atoms with Crippen molar-refractivity contribution >= 4 is 17.7 Å². The van der Waals surface area contributed by atoms with E-state index in [2.05, 4.69) is 20.8 Å². The quantitative estimate of drug-likeness (QED) is 0.775. The molecule has 1 aromatic rings. The van der Waals surface area contributed by atoms with Gasteiger partial charge in [0.15, 0.2) is 5.16 Å². The van der Waals surface area contributed by atoms with Crippen LogP contribution in [0.1, 0.15) is 39.9 Å². The number of carbonyl (C=O) groups is 1. The molecule has 0 aliphatic rings. The van der Waals surface area contributed by atoms with Crippen molar-refractivity contribution in [3.8, 4) is 0 Å². The van der Waals surface area contributed by atoms with E-state index < -0.39 is 0 Å². The molecule has 0 saturated carbocycles. The number of nitrogens with zero attached hydrogens (tertiary/aromatic N) is 3. The number of aromatic nitrogens is 3. The Morgan fingerprint density at radius 2 is 2.05 bits per heavy atom. The van der Waals surface area contributed by atoms with Crippen LogP contribution in [0.5, 0.6) is 0 Å². The molecule has 0 bridgehead atoms. The topological polar surface area (TPSA) is 71.8 Å². The molecule has 1 heterocycles. The van der Waals surface area contributed by atoms with Gasteiger partial charge in [0, 0.05) is 12.6 Å². The number of nitrogens with one attached hydrogen (secondary N) is 2. The Labute approximate surface area is 125 Å². The van der Waals surface area contributed by atoms with Crippen LogP contribution in [0.25, 0.3) is 0 Å². The average Bonchev–Trinajstić information content (AvgIpc) is 2.66. The number of hydrogen-bond acceptors (Lipinski definition) is 5. The fraction of sp³-hybridized carbons (Fsp3) is 0.769. The zero-order chi connectivity index (χ0) is 15.3. The van der Waals surface area contributed by atoms with Gasteiger partial charge < -0.3 is 15.2 Å². The minimum atomic E-state index is -0.220. The predicted molar refractivity (Wildman–Crippen MR) is 81.6 cm³/mol. The van der Waals surface area contributed by atoms with Crippen LogP contribution in [-0.2, 0) is 18.4 Å². The molecule has 1 atom stereocenters. The predicted octanol–water partition coefficient (Wildman–Crippen LogP) is 1.32. The van der Waals surface area contributed by atoms with Gasteiger partial charge in [-0.1, -0.05) is 18.7 Å². The van der Waals surface area contributed by atoms with Gasteiger partial charge in [-0.05, 0) is 34.2 Å². The third-order valence-electron chi connectivity index (χ3n) is 2.67. The highest BCUT2D eigenvalue weighted by molar-refractivity contribution is 8.00. The summed E-state index contributed by atoms with van der Waals surface area (Å²) >= 11 is 1.46.